The molecule has 0 saturated heterocycles. The van der Waals surface area contributed by atoms with Gasteiger partial charge in [-0.05, 0) is 31.5 Å². The highest BCUT2D eigenvalue weighted by Gasteiger charge is 2.31. The summed E-state index contributed by atoms with van der Waals surface area (Å²) in [6.07, 6.45) is 5.46. The lowest BCUT2D eigenvalue weighted by molar-refractivity contribution is 0.169. The van der Waals surface area contributed by atoms with Gasteiger partial charge < -0.3 is 15.8 Å². The average molecular weight is 262 g/mol. The number of carbonyl (C=O) groups excluding carboxylic acids is 1. The summed E-state index contributed by atoms with van der Waals surface area (Å²) in [4.78, 5) is 11.7. The summed E-state index contributed by atoms with van der Waals surface area (Å²) in [6, 6.07) is 9.09. The van der Waals surface area contributed by atoms with Crippen LogP contribution in [-0.2, 0) is 0 Å². The molecule has 0 aromatic heterocycles. The highest BCUT2D eigenvalue weighted by molar-refractivity contribution is 5.70. The maximum Gasteiger partial charge on any atom is 0.412 e. The lowest BCUT2D eigenvalue weighted by Gasteiger charge is -2.36. The second-order valence-corrected chi connectivity index (χ2v) is 5.32. The summed E-state index contributed by atoms with van der Waals surface area (Å²) in [5.74, 6) is 0.561. The van der Waals surface area contributed by atoms with Crippen molar-refractivity contribution in [2.24, 2.45) is 11.1 Å². The molecule has 0 spiro atoms. The Balaban J connectivity index is 1.82. The molecule has 19 heavy (non-hydrogen) atoms. The van der Waals surface area contributed by atoms with Crippen LogP contribution in [0.2, 0.25) is 0 Å². The van der Waals surface area contributed by atoms with Gasteiger partial charge in [0.2, 0.25) is 0 Å². The normalized spacial score (nSPS) is 17.7. The van der Waals surface area contributed by atoms with Gasteiger partial charge in [-0.3, -0.25) is 0 Å². The molecule has 2 rings (SSSR count). The highest BCUT2D eigenvalue weighted by Crippen LogP contribution is 2.34. The number of carbonyl (C=O) groups is 1. The minimum atomic E-state index is -0.399. The Hall–Kier alpha value is -1.55. The SMILES string of the molecule is NCC1(CNC(=O)Oc2ccccc2)CCCCC1. The molecule has 4 heteroatoms. The molecule has 4 nitrogen and oxygen atoms in total. The molecule has 1 aromatic rings. The number of benzene rings is 1. The van der Waals surface area contributed by atoms with Crippen LogP contribution < -0.4 is 15.8 Å². The Labute approximate surface area is 114 Å². The summed E-state index contributed by atoms with van der Waals surface area (Å²) in [6.45, 7) is 1.23. The maximum atomic E-state index is 11.7. The van der Waals surface area contributed by atoms with E-state index in [1.165, 1.54) is 19.3 Å². The topological polar surface area (TPSA) is 64.3 Å². The summed E-state index contributed by atoms with van der Waals surface area (Å²) in [5.41, 5.74) is 5.95. The van der Waals surface area contributed by atoms with E-state index in [-0.39, 0.29) is 5.41 Å². The number of hydrogen-bond acceptors (Lipinski definition) is 3. The van der Waals surface area contributed by atoms with Crippen LogP contribution in [0.3, 0.4) is 0 Å². The lowest BCUT2D eigenvalue weighted by atomic mass is 9.74. The van der Waals surface area contributed by atoms with Gasteiger partial charge in [-0.2, -0.15) is 0 Å². The Morgan fingerprint density at radius 1 is 1.21 bits per heavy atom. The van der Waals surface area contributed by atoms with E-state index >= 15 is 0 Å². The molecular weight excluding hydrogens is 240 g/mol. The Morgan fingerprint density at radius 3 is 2.53 bits per heavy atom. The minimum absolute atomic E-state index is 0.0635. The number of ether oxygens (including phenoxy) is 1. The third-order valence-corrected chi connectivity index (χ3v) is 3.91. The predicted octanol–water partition coefficient (Wildman–Crippen LogP) is 2.68. The molecule has 1 aromatic carbocycles. The van der Waals surface area contributed by atoms with Gasteiger partial charge in [0, 0.05) is 12.0 Å². The standard InChI is InChI=1S/C15H22N2O2/c16-11-15(9-5-2-6-10-15)12-17-14(18)19-13-7-3-1-4-8-13/h1,3-4,7-8H,2,5-6,9-12,16H2,(H,17,18). The molecule has 0 atom stereocenters. The van der Waals surface area contributed by atoms with E-state index in [2.05, 4.69) is 5.32 Å². The molecule has 0 unspecified atom stereocenters. The van der Waals surface area contributed by atoms with Gasteiger partial charge >= 0.3 is 6.09 Å². The predicted molar refractivity (Wildman–Crippen MR) is 75.0 cm³/mol. The van der Waals surface area contributed by atoms with Crippen LogP contribution in [0.15, 0.2) is 30.3 Å². The quantitative estimate of drug-likeness (QED) is 0.876. The van der Waals surface area contributed by atoms with Crippen molar-refractivity contribution >= 4 is 6.09 Å². The number of rotatable bonds is 4. The monoisotopic (exact) mass is 262 g/mol. The molecule has 104 valence electrons. The van der Waals surface area contributed by atoms with Crippen molar-refractivity contribution in [2.45, 2.75) is 32.1 Å². The average Bonchev–Trinajstić information content (AvgIpc) is 2.47. The van der Waals surface area contributed by atoms with Gasteiger partial charge in [0.15, 0.2) is 0 Å². The highest BCUT2D eigenvalue weighted by atomic mass is 16.6. The Morgan fingerprint density at radius 2 is 1.89 bits per heavy atom. The number of para-hydroxylation sites is 1. The molecule has 1 fully saturated rings. The fourth-order valence-electron chi connectivity index (χ4n) is 2.65. The molecule has 0 bridgehead atoms. The number of hydrogen-bond donors (Lipinski definition) is 2. The second kappa shape index (κ2) is 6.57. The Kier molecular flexibility index (Phi) is 4.80. The summed E-state index contributed by atoms with van der Waals surface area (Å²) < 4.78 is 5.20. The Bertz CT molecular complexity index is 400. The molecule has 0 heterocycles. The van der Waals surface area contributed by atoms with Crippen molar-refractivity contribution in [3.05, 3.63) is 30.3 Å². The van der Waals surface area contributed by atoms with E-state index in [0.717, 1.165) is 12.8 Å². The molecule has 1 aliphatic rings. The van der Waals surface area contributed by atoms with Gasteiger partial charge in [0.05, 0.1) is 0 Å². The van der Waals surface area contributed by atoms with Crippen molar-refractivity contribution in [1.82, 2.24) is 5.32 Å². The van der Waals surface area contributed by atoms with Crippen LogP contribution in [0, 0.1) is 5.41 Å². The summed E-state index contributed by atoms with van der Waals surface area (Å²) in [5, 5.41) is 2.85. The third-order valence-electron chi connectivity index (χ3n) is 3.91. The van der Waals surface area contributed by atoms with E-state index in [9.17, 15) is 4.79 Å². The van der Waals surface area contributed by atoms with Gasteiger partial charge in [0.1, 0.15) is 5.75 Å². The molecule has 0 aliphatic heterocycles. The van der Waals surface area contributed by atoms with Crippen molar-refractivity contribution in [1.29, 1.82) is 0 Å². The smallest absolute Gasteiger partial charge is 0.410 e. The van der Waals surface area contributed by atoms with Crippen molar-refractivity contribution in [2.75, 3.05) is 13.1 Å². The van der Waals surface area contributed by atoms with Gasteiger partial charge in [-0.1, -0.05) is 37.5 Å². The van der Waals surface area contributed by atoms with Crippen LogP contribution in [0.5, 0.6) is 5.75 Å². The third kappa shape index (κ3) is 3.96. The number of nitrogens with one attached hydrogen (secondary N) is 1. The fourth-order valence-corrected chi connectivity index (χ4v) is 2.65. The summed E-state index contributed by atoms with van der Waals surface area (Å²) in [7, 11) is 0. The minimum Gasteiger partial charge on any atom is -0.410 e. The van der Waals surface area contributed by atoms with Crippen molar-refractivity contribution in [3.8, 4) is 5.75 Å². The van der Waals surface area contributed by atoms with E-state index in [0.29, 0.717) is 18.8 Å². The molecule has 1 saturated carbocycles. The first kappa shape index (κ1) is 13.9. The summed E-state index contributed by atoms with van der Waals surface area (Å²) >= 11 is 0. The van der Waals surface area contributed by atoms with Crippen LogP contribution in [0.4, 0.5) is 4.79 Å². The van der Waals surface area contributed by atoms with Gasteiger partial charge in [-0.15, -0.1) is 0 Å². The van der Waals surface area contributed by atoms with Crippen molar-refractivity contribution < 1.29 is 9.53 Å². The van der Waals surface area contributed by atoms with Crippen LogP contribution in [0.1, 0.15) is 32.1 Å². The van der Waals surface area contributed by atoms with E-state index in [1.54, 1.807) is 12.1 Å². The van der Waals surface area contributed by atoms with Crippen LogP contribution in [0.25, 0.3) is 0 Å². The van der Waals surface area contributed by atoms with Crippen LogP contribution >= 0.6 is 0 Å². The van der Waals surface area contributed by atoms with E-state index in [4.69, 9.17) is 10.5 Å². The van der Waals surface area contributed by atoms with E-state index in [1.807, 2.05) is 18.2 Å². The van der Waals surface area contributed by atoms with E-state index < -0.39 is 6.09 Å². The van der Waals surface area contributed by atoms with Crippen LogP contribution in [-0.4, -0.2) is 19.2 Å². The van der Waals surface area contributed by atoms with Crippen molar-refractivity contribution in [3.63, 3.8) is 0 Å². The van der Waals surface area contributed by atoms with Gasteiger partial charge in [-0.25, -0.2) is 4.79 Å². The first-order valence-corrected chi connectivity index (χ1v) is 6.95. The first-order chi connectivity index (χ1) is 9.24. The lowest BCUT2D eigenvalue weighted by Crippen LogP contribution is -2.44. The second-order valence-electron chi connectivity index (χ2n) is 5.32. The molecule has 3 N–H and O–H groups in total. The molecule has 1 aliphatic carbocycles. The molecular formula is C15H22N2O2. The first-order valence-electron chi connectivity index (χ1n) is 6.95. The molecule has 0 radical (unpaired) electrons. The molecule has 1 amide bonds. The zero-order valence-corrected chi connectivity index (χ0v) is 11.2. The maximum absolute atomic E-state index is 11.7. The fraction of sp³-hybridized carbons (Fsp3) is 0.533. The number of nitrogens with two attached hydrogens (primary N) is 1. The zero-order valence-electron chi connectivity index (χ0n) is 11.2. The number of amides is 1. The zero-order chi connectivity index (χ0) is 13.6. The van der Waals surface area contributed by atoms with Gasteiger partial charge in [0.25, 0.3) is 0 Å². The largest absolute Gasteiger partial charge is 0.412 e.